The second kappa shape index (κ2) is 10.1. The molecule has 7 nitrogen and oxygen atoms in total. The van der Waals surface area contributed by atoms with Crippen molar-refractivity contribution in [3.63, 3.8) is 0 Å². The largest absolute Gasteiger partial charge is 0.360 e. The van der Waals surface area contributed by atoms with E-state index in [-0.39, 0.29) is 22.6 Å². The number of quaternary nitrogens is 1. The summed E-state index contributed by atoms with van der Waals surface area (Å²) in [6.07, 6.45) is 4.63. The summed E-state index contributed by atoms with van der Waals surface area (Å²) in [7, 11) is 0. The van der Waals surface area contributed by atoms with E-state index in [4.69, 9.17) is 0 Å². The molecule has 0 aliphatic carbocycles. The van der Waals surface area contributed by atoms with Crippen LogP contribution >= 0.6 is 0 Å². The van der Waals surface area contributed by atoms with Gasteiger partial charge in [0.05, 0.1) is 31.1 Å². The lowest BCUT2D eigenvalue weighted by Crippen LogP contribution is -3.16. The molecule has 1 fully saturated rings. The van der Waals surface area contributed by atoms with Crippen LogP contribution in [0.1, 0.15) is 39.5 Å². The van der Waals surface area contributed by atoms with Gasteiger partial charge in [0.15, 0.2) is 6.54 Å². The first-order valence-corrected chi connectivity index (χ1v) is 9.62. The second-order valence-electron chi connectivity index (χ2n) is 7.15. The molecule has 1 aromatic carbocycles. The van der Waals surface area contributed by atoms with Crippen molar-refractivity contribution in [2.45, 2.75) is 45.6 Å². The molecule has 1 aromatic rings. The number of hydrogen-bond acceptors (Lipinski definition) is 4. The van der Waals surface area contributed by atoms with E-state index in [9.17, 15) is 14.9 Å². The van der Waals surface area contributed by atoms with Gasteiger partial charge in [-0.2, -0.15) is 0 Å². The SMILES string of the molecule is CCCCC[C@H](C)NC(=O)C[NH+]1CCN(c2ccc([N+](=O)[O-])cc2)CC1. The van der Waals surface area contributed by atoms with Crippen molar-refractivity contribution in [2.24, 2.45) is 0 Å². The number of carbonyl (C=O) groups is 1. The van der Waals surface area contributed by atoms with Crippen LogP contribution in [0.3, 0.4) is 0 Å². The third-order valence-electron chi connectivity index (χ3n) is 4.95. The van der Waals surface area contributed by atoms with E-state index in [1.54, 1.807) is 24.3 Å². The van der Waals surface area contributed by atoms with Gasteiger partial charge in [-0.3, -0.25) is 14.9 Å². The smallest absolute Gasteiger partial charge is 0.275 e. The Balaban J connectivity index is 1.72. The Kier molecular flexibility index (Phi) is 7.84. The summed E-state index contributed by atoms with van der Waals surface area (Å²) >= 11 is 0. The summed E-state index contributed by atoms with van der Waals surface area (Å²) in [4.78, 5) is 26.1. The van der Waals surface area contributed by atoms with E-state index >= 15 is 0 Å². The molecule has 0 saturated carbocycles. The minimum absolute atomic E-state index is 0.114. The van der Waals surface area contributed by atoms with E-state index in [1.807, 2.05) is 0 Å². The minimum Gasteiger partial charge on any atom is -0.360 e. The van der Waals surface area contributed by atoms with Crippen LogP contribution in [-0.4, -0.2) is 49.6 Å². The maximum atomic E-state index is 12.2. The molecule has 2 rings (SSSR count). The number of non-ortho nitro benzene ring substituents is 1. The summed E-state index contributed by atoms with van der Waals surface area (Å²) in [5.41, 5.74) is 1.12. The highest BCUT2D eigenvalue weighted by Gasteiger charge is 2.23. The minimum atomic E-state index is -0.381. The van der Waals surface area contributed by atoms with E-state index in [1.165, 1.54) is 24.2 Å². The van der Waals surface area contributed by atoms with E-state index in [0.29, 0.717) is 6.54 Å². The van der Waals surface area contributed by atoms with Gasteiger partial charge in [0, 0.05) is 23.9 Å². The standard InChI is InChI=1S/C19H30N4O3/c1-3-4-5-6-16(2)20-19(24)15-21-11-13-22(14-12-21)17-7-9-18(10-8-17)23(25)26/h7-10,16H,3-6,11-15H2,1-2H3,(H,20,24)/p+1/t16-/m0/s1. The fourth-order valence-electron chi connectivity index (χ4n) is 3.37. The molecule has 0 radical (unpaired) electrons. The highest BCUT2D eigenvalue weighted by molar-refractivity contribution is 5.77. The lowest BCUT2D eigenvalue weighted by atomic mass is 10.1. The number of hydrogen-bond donors (Lipinski definition) is 2. The summed E-state index contributed by atoms with van der Waals surface area (Å²) in [5, 5.41) is 13.8. The van der Waals surface area contributed by atoms with Crippen molar-refractivity contribution in [1.82, 2.24) is 5.32 Å². The number of benzene rings is 1. The summed E-state index contributed by atoms with van der Waals surface area (Å²) in [6.45, 7) is 8.28. The molecule has 1 amide bonds. The van der Waals surface area contributed by atoms with Gasteiger partial charge in [-0.1, -0.05) is 26.2 Å². The van der Waals surface area contributed by atoms with Gasteiger partial charge in [0.2, 0.25) is 0 Å². The number of piperazine rings is 1. The average molecular weight is 363 g/mol. The zero-order valence-electron chi connectivity index (χ0n) is 15.9. The van der Waals surface area contributed by atoms with E-state index in [0.717, 1.165) is 38.3 Å². The van der Waals surface area contributed by atoms with Gasteiger partial charge in [-0.05, 0) is 25.5 Å². The van der Waals surface area contributed by atoms with Crippen LogP contribution in [-0.2, 0) is 4.79 Å². The average Bonchev–Trinajstić information content (AvgIpc) is 2.62. The first kappa shape index (κ1) is 20.2. The van der Waals surface area contributed by atoms with Crippen LogP contribution in [0.2, 0.25) is 0 Å². The topological polar surface area (TPSA) is 79.9 Å². The second-order valence-corrected chi connectivity index (χ2v) is 7.15. The molecule has 144 valence electrons. The number of nitro groups is 1. The Labute approximate surface area is 155 Å². The quantitative estimate of drug-likeness (QED) is 0.395. The van der Waals surface area contributed by atoms with Crippen LogP contribution in [0, 0.1) is 10.1 Å². The maximum Gasteiger partial charge on any atom is 0.275 e. The third-order valence-corrected chi connectivity index (χ3v) is 4.95. The third kappa shape index (κ3) is 6.29. The highest BCUT2D eigenvalue weighted by Crippen LogP contribution is 2.19. The van der Waals surface area contributed by atoms with Crippen molar-refractivity contribution in [3.05, 3.63) is 34.4 Å². The Morgan fingerprint density at radius 1 is 1.27 bits per heavy atom. The lowest BCUT2D eigenvalue weighted by Gasteiger charge is -2.33. The number of amides is 1. The van der Waals surface area contributed by atoms with Gasteiger partial charge in [-0.25, -0.2) is 0 Å². The predicted molar refractivity (Wildman–Crippen MR) is 103 cm³/mol. The first-order chi connectivity index (χ1) is 12.5. The summed E-state index contributed by atoms with van der Waals surface area (Å²) in [6, 6.07) is 6.93. The van der Waals surface area contributed by atoms with Crippen molar-refractivity contribution < 1.29 is 14.6 Å². The Morgan fingerprint density at radius 2 is 1.92 bits per heavy atom. The Hall–Kier alpha value is -2.15. The fourth-order valence-corrected chi connectivity index (χ4v) is 3.37. The van der Waals surface area contributed by atoms with Crippen LogP contribution in [0.5, 0.6) is 0 Å². The number of nitrogens with zero attached hydrogens (tertiary/aromatic N) is 2. The molecule has 0 aromatic heterocycles. The molecule has 1 saturated heterocycles. The molecule has 26 heavy (non-hydrogen) atoms. The van der Waals surface area contributed by atoms with Crippen molar-refractivity contribution in [2.75, 3.05) is 37.6 Å². The van der Waals surface area contributed by atoms with Gasteiger partial charge >= 0.3 is 0 Å². The normalized spacial score (nSPS) is 16.3. The molecular formula is C19H31N4O3+. The molecule has 7 heteroatoms. The van der Waals surface area contributed by atoms with Gasteiger partial charge < -0.3 is 15.1 Å². The van der Waals surface area contributed by atoms with E-state index < -0.39 is 0 Å². The summed E-state index contributed by atoms with van der Waals surface area (Å²) in [5.74, 6) is 0.132. The van der Waals surface area contributed by atoms with Crippen molar-refractivity contribution >= 4 is 17.3 Å². The molecule has 2 N–H and O–H groups in total. The Bertz CT molecular complexity index is 583. The predicted octanol–water partition coefficient (Wildman–Crippen LogP) is 1.38. The van der Waals surface area contributed by atoms with Crippen molar-refractivity contribution in [3.8, 4) is 0 Å². The van der Waals surface area contributed by atoms with Crippen LogP contribution in [0.4, 0.5) is 11.4 Å². The van der Waals surface area contributed by atoms with Crippen LogP contribution < -0.4 is 15.1 Å². The zero-order chi connectivity index (χ0) is 18.9. The molecule has 1 atom stereocenters. The monoisotopic (exact) mass is 363 g/mol. The molecule has 1 heterocycles. The number of anilines is 1. The van der Waals surface area contributed by atoms with Gasteiger partial charge in [-0.15, -0.1) is 0 Å². The number of carbonyl (C=O) groups excluding carboxylic acids is 1. The maximum absolute atomic E-state index is 12.2. The van der Waals surface area contributed by atoms with Gasteiger partial charge in [0.25, 0.3) is 11.6 Å². The summed E-state index contributed by atoms with van der Waals surface area (Å²) < 4.78 is 0. The molecular weight excluding hydrogens is 332 g/mol. The van der Waals surface area contributed by atoms with Gasteiger partial charge in [0.1, 0.15) is 0 Å². The molecule has 1 aliphatic heterocycles. The molecule has 1 aliphatic rings. The number of nitro benzene ring substituents is 1. The fraction of sp³-hybridized carbons (Fsp3) is 0.632. The lowest BCUT2D eigenvalue weighted by molar-refractivity contribution is -0.892. The molecule has 0 spiro atoms. The van der Waals surface area contributed by atoms with Crippen molar-refractivity contribution in [1.29, 1.82) is 0 Å². The zero-order valence-corrected chi connectivity index (χ0v) is 15.9. The van der Waals surface area contributed by atoms with E-state index in [2.05, 4.69) is 24.1 Å². The number of rotatable bonds is 9. The highest BCUT2D eigenvalue weighted by atomic mass is 16.6. The molecule has 0 unspecified atom stereocenters. The Morgan fingerprint density at radius 3 is 2.50 bits per heavy atom. The molecule has 0 bridgehead atoms. The first-order valence-electron chi connectivity index (χ1n) is 9.62. The number of unbranched alkanes of at least 4 members (excludes halogenated alkanes) is 2. The van der Waals surface area contributed by atoms with Crippen LogP contribution in [0.25, 0.3) is 0 Å². The van der Waals surface area contributed by atoms with Crippen LogP contribution in [0.15, 0.2) is 24.3 Å². The number of nitrogens with one attached hydrogen (secondary N) is 2.